The summed E-state index contributed by atoms with van der Waals surface area (Å²) in [5.74, 6) is 0.823. The lowest BCUT2D eigenvalue weighted by atomic mass is 10.0. The fourth-order valence-corrected chi connectivity index (χ4v) is 2.63. The zero-order valence-electron chi connectivity index (χ0n) is 14.2. The SMILES string of the molecule is CCOCCCC(=O)N(Cc1ccc(C(C)C)cc1)C1CC1. The number of nitrogens with zero attached hydrogens (tertiary/aromatic N) is 1. The maximum Gasteiger partial charge on any atom is 0.223 e. The minimum Gasteiger partial charge on any atom is -0.382 e. The molecular formula is C19H29NO2. The summed E-state index contributed by atoms with van der Waals surface area (Å²) in [7, 11) is 0. The second-order valence-electron chi connectivity index (χ2n) is 6.45. The topological polar surface area (TPSA) is 29.5 Å². The molecule has 1 aliphatic rings. The fourth-order valence-electron chi connectivity index (χ4n) is 2.63. The van der Waals surface area contributed by atoms with Crippen molar-refractivity contribution in [2.45, 2.75) is 65.0 Å². The van der Waals surface area contributed by atoms with E-state index in [2.05, 4.69) is 43.0 Å². The third-order valence-corrected chi connectivity index (χ3v) is 4.19. The number of ether oxygens (including phenoxy) is 1. The van der Waals surface area contributed by atoms with Crippen molar-refractivity contribution < 1.29 is 9.53 Å². The van der Waals surface area contributed by atoms with Gasteiger partial charge >= 0.3 is 0 Å². The van der Waals surface area contributed by atoms with Crippen LogP contribution < -0.4 is 0 Å². The molecule has 0 bridgehead atoms. The Kier molecular flexibility index (Phi) is 6.44. The summed E-state index contributed by atoms with van der Waals surface area (Å²) in [6.45, 7) is 8.54. The van der Waals surface area contributed by atoms with Gasteiger partial charge in [-0.05, 0) is 43.2 Å². The molecule has 2 rings (SSSR count). The highest BCUT2D eigenvalue weighted by Crippen LogP contribution is 2.29. The number of hydrogen-bond acceptors (Lipinski definition) is 2. The van der Waals surface area contributed by atoms with E-state index in [1.807, 2.05) is 6.92 Å². The smallest absolute Gasteiger partial charge is 0.223 e. The molecule has 3 heteroatoms. The summed E-state index contributed by atoms with van der Waals surface area (Å²) >= 11 is 0. The monoisotopic (exact) mass is 303 g/mol. The molecule has 0 aliphatic heterocycles. The van der Waals surface area contributed by atoms with E-state index in [1.54, 1.807) is 0 Å². The van der Waals surface area contributed by atoms with Gasteiger partial charge in [-0.3, -0.25) is 4.79 Å². The van der Waals surface area contributed by atoms with Gasteiger partial charge in [0.1, 0.15) is 0 Å². The molecule has 0 aromatic heterocycles. The minimum absolute atomic E-state index is 0.273. The summed E-state index contributed by atoms with van der Waals surface area (Å²) in [5.41, 5.74) is 2.58. The average molecular weight is 303 g/mol. The van der Waals surface area contributed by atoms with Crippen LogP contribution in [0.5, 0.6) is 0 Å². The number of benzene rings is 1. The van der Waals surface area contributed by atoms with Crippen LogP contribution in [0.3, 0.4) is 0 Å². The van der Waals surface area contributed by atoms with E-state index in [9.17, 15) is 4.79 Å². The standard InChI is InChI=1S/C19H29NO2/c1-4-22-13-5-6-19(21)20(18-11-12-18)14-16-7-9-17(10-8-16)15(2)3/h7-10,15,18H,4-6,11-14H2,1-3H3. The van der Waals surface area contributed by atoms with E-state index >= 15 is 0 Å². The van der Waals surface area contributed by atoms with E-state index < -0.39 is 0 Å². The number of amides is 1. The molecular weight excluding hydrogens is 274 g/mol. The van der Waals surface area contributed by atoms with Gasteiger partial charge in [0.2, 0.25) is 5.91 Å². The van der Waals surface area contributed by atoms with Crippen LogP contribution >= 0.6 is 0 Å². The zero-order valence-corrected chi connectivity index (χ0v) is 14.2. The summed E-state index contributed by atoms with van der Waals surface area (Å²) in [5, 5.41) is 0. The highest BCUT2D eigenvalue weighted by molar-refractivity contribution is 5.76. The Bertz CT molecular complexity index is 463. The molecule has 0 unspecified atom stereocenters. The van der Waals surface area contributed by atoms with Crippen molar-refractivity contribution in [1.29, 1.82) is 0 Å². The van der Waals surface area contributed by atoms with Crippen molar-refractivity contribution in [2.75, 3.05) is 13.2 Å². The largest absolute Gasteiger partial charge is 0.382 e. The number of hydrogen-bond donors (Lipinski definition) is 0. The van der Waals surface area contributed by atoms with Crippen molar-refractivity contribution in [3.8, 4) is 0 Å². The van der Waals surface area contributed by atoms with E-state index in [-0.39, 0.29) is 5.91 Å². The lowest BCUT2D eigenvalue weighted by Gasteiger charge is -2.23. The second kappa shape index (κ2) is 8.33. The molecule has 22 heavy (non-hydrogen) atoms. The average Bonchev–Trinajstić information content (AvgIpc) is 3.34. The van der Waals surface area contributed by atoms with E-state index in [1.165, 1.54) is 11.1 Å². The van der Waals surface area contributed by atoms with Gasteiger partial charge in [-0.25, -0.2) is 0 Å². The lowest BCUT2D eigenvalue weighted by Crippen LogP contribution is -2.32. The normalized spacial score (nSPS) is 14.4. The van der Waals surface area contributed by atoms with Gasteiger partial charge < -0.3 is 9.64 Å². The Morgan fingerprint density at radius 3 is 2.50 bits per heavy atom. The van der Waals surface area contributed by atoms with Crippen molar-refractivity contribution >= 4 is 5.91 Å². The summed E-state index contributed by atoms with van der Waals surface area (Å²) in [4.78, 5) is 14.5. The Balaban J connectivity index is 1.89. The third kappa shape index (κ3) is 5.13. The van der Waals surface area contributed by atoms with Crippen LogP contribution in [0, 0.1) is 0 Å². The first-order chi connectivity index (χ1) is 10.6. The number of carbonyl (C=O) groups excluding carboxylic acids is 1. The Hall–Kier alpha value is -1.35. The maximum absolute atomic E-state index is 12.4. The minimum atomic E-state index is 0.273. The molecule has 1 amide bonds. The van der Waals surface area contributed by atoms with E-state index in [0.717, 1.165) is 32.4 Å². The highest BCUT2D eigenvalue weighted by Gasteiger charge is 2.32. The molecule has 0 heterocycles. The van der Waals surface area contributed by atoms with Gasteiger partial charge in [-0.2, -0.15) is 0 Å². The molecule has 1 aromatic carbocycles. The van der Waals surface area contributed by atoms with Crippen LogP contribution in [0.25, 0.3) is 0 Å². The molecule has 1 aromatic rings. The van der Waals surface area contributed by atoms with Gasteiger partial charge in [0.25, 0.3) is 0 Å². The van der Waals surface area contributed by atoms with Crippen LogP contribution in [-0.2, 0) is 16.1 Å². The first kappa shape index (κ1) is 17.0. The van der Waals surface area contributed by atoms with Crippen molar-refractivity contribution in [1.82, 2.24) is 4.90 Å². The van der Waals surface area contributed by atoms with E-state index in [4.69, 9.17) is 4.74 Å². The molecule has 3 nitrogen and oxygen atoms in total. The molecule has 0 N–H and O–H groups in total. The van der Waals surface area contributed by atoms with Crippen molar-refractivity contribution in [3.63, 3.8) is 0 Å². The summed E-state index contributed by atoms with van der Waals surface area (Å²) < 4.78 is 5.32. The van der Waals surface area contributed by atoms with Crippen LogP contribution in [-0.4, -0.2) is 30.1 Å². The molecule has 0 spiro atoms. The van der Waals surface area contributed by atoms with Gasteiger partial charge in [0.15, 0.2) is 0 Å². The van der Waals surface area contributed by atoms with E-state index in [0.29, 0.717) is 25.0 Å². The van der Waals surface area contributed by atoms with Crippen molar-refractivity contribution in [2.24, 2.45) is 0 Å². The molecule has 0 atom stereocenters. The predicted molar refractivity (Wildman–Crippen MR) is 89.8 cm³/mol. The molecule has 1 aliphatic carbocycles. The Labute approximate surface area is 134 Å². The van der Waals surface area contributed by atoms with Crippen LogP contribution in [0.4, 0.5) is 0 Å². The first-order valence-corrected chi connectivity index (χ1v) is 8.57. The third-order valence-electron chi connectivity index (χ3n) is 4.19. The fraction of sp³-hybridized carbons (Fsp3) is 0.632. The Morgan fingerprint density at radius 2 is 1.95 bits per heavy atom. The van der Waals surface area contributed by atoms with Crippen LogP contribution in [0.15, 0.2) is 24.3 Å². The van der Waals surface area contributed by atoms with Gasteiger partial charge in [-0.15, -0.1) is 0 Å². The van der Waals surface area contributed by atoms with Gasteiger partial charge in [-0.1, -0.05) is 38.1 Å². The summed E-state index contributed by atoms with van der Waals surface area (Å²) in [6, 6.07) is 9.16. The molecule has 1 fully saturated rings. The summed E-state index contributed by atoms with van der Waals surface area (Å²) in [6.07, 6.45) is 3.73. The molecule has 1 saturated carbocycles. The molecule has 0 saturated heterocycles. The zero-order chi connectivity index (χ0) is 15.9. The highest BCUT2D eigenvalue weighted by atomic mass is 16.5. The molecule has 122 valence electrons. The quantitative estimate of drug-likeness (QED) is 0.642. The van der Waals surface area contributed by atoms with Crippen LogP contribution in [0.2, 0.25) is 0 Å². The van der Waals surface area contributed by atoms with Crippen molar-refractivity contribution in [3.05, 3.63) is 35.4 Å². The van der Waals surface area contributed by atoms with Gasteiger partial charge in [0.05, 0.1) is 0 Å². The predicted octanol–water partition coefficient (Wildman–Crippen LogP) is 4.12. The second-order valence-corrected chi connectivity index (χ2v) is 6.45. The number of carbonyl (C=O) groups is 1. The lowest BCUT2D eigenvalue weighted by molar-refractivity contribution is -0.132. The molecule has 0 radical (unpaired) electrons. The van der Waals surface area contributed by atoms with Crippen LogP contribution in [0.1, 0.15) is 63.5 Å². The first-order valence-electron chi connectivity index (χ1n) is 8.57. The number of rotatable bonds is 9. The van der Waals surface area contributed by atoms with Gasteiger partial charge in [0, 0.05) is 32.2 Å². The Morgan fingerprint density at radius 1 is 1.27 bits per heavy atom. The maximum atomic E-state index is 12.4.